The van der Waals surface area contributed by atoms with Gasteiger partial charge in [-0.1, -0.05) is 11.8 Å². The molecule has 0 radical (unpaired) electrons. The van der Waals surface area contributed by atoms with Gasteiger partial charge in [-0.15, -0.1) is 11.6 Å². The zero-order valence-corrected chi connectivity index (χ0v) is 11.0. The van der Waals surface area contributed by atoms with Gasteiger partial charge in [-0.05, 0) is 37.8 Å². The molecule has 0 amide bonds. The van der Waals surface area contributed by atoms with Crippen LogP contribution in [-0.2, 0) is 0 Å². The molecular formula is C15H16ClFO. The summed E-state index contributed by atoms with van der Waals surface area (Å²) < 4.78 is 19.1. The van der Waals surface area contributed by atoms with Crippen molar-refractivity contribution in [2.45, 2.75) is 38.2 Å². The average molecular weight is 267 g/mol. The molecule has 1 aliphatic carbocycles. The highest BCUT2D eigenvalue weighted by atomic mass is 35.5. The predicted molar refractivity (Wildman–Crippen MR) is 71.5 cm³/mol. The lowest BCUT2D eigenvalue weighted by Crippen LogP contribution is -2.11. The second-order valence-corrected chi connectivity index (χ2v) is 4.78. The van der Waals surface area contributed by atoms with Crippen molar-refractivity contribution >= 4 is 11.6 Å². The van der Waals surface area contributed by atoms with Crippen molar-refractivity contribution in [2.24, 2.45) is 0 Å². The summed E-state index contributed by atoms with van der Waals surface area (Å²) in [5.74, 6) is 6.72. The van der Waals surface area contributed by atoms with E-state index in [1.807, 2.05) is 0 Å². The molecule has 18 heavy (non-hydrogen) atoms. The van der Waals surface area contributed by atoms with Gasteiger partial charge in [-0.3, -0.25) is 0 Å². The molecular weight excluding hydrogens is 251 g/mol. The Morgan fingerprint density at radius 3 is 2.83 bits per heavy atom. The zero-order valence-electron chi connectivity index (χ0n) is 10.2. The zero-order chi connectivity index (χ0) is 12.8. The molecule has 1 aromatic rings. The van der Waals surface area contributed by atoms with Gasteiger partial charge in [-0.2, -0.15) is 0 Å². The third-order valence-corrected chi connectivity index (χ3v) is 3.17. The van der Waals surface area contributed by atoms with Gasteiger partial charge in [0.05, 0.1) is 11.7 Å². The van der Waals surface area contributed by atoms with Crippen LogP contribution in [0, 0.1) is 17.7 Å². The van der Waals surface area contributed by atoms with Gasteiger partial charge in [0.15, 0.2) is 0 Å². The van der Waals surface area contributed by atoms with Crippen molar-refractivity contribution in [1.82, 2.24) is 0 Å². The average Bonchev–Trinajstić information content (AvgIpc) is 2.85. The third-order valence-electron chi connectivity index (χ3n) is 2.98. The summed E-state index contributed by atoms with van der Waals surface area (Å²) in [5.41, 5.74) is 0.744. The Balaban J connectivity index is 2.15. The Bertz CT molecular complexity index is 455. The van der Waals surface area contributed by atoms with E-state index in [0.717, 1.165) is 18.4 Å². The standard InChI is InChI=1S/C15H16ClFO/c16-10-4-3-5-12-8-9-13(17)11-15(12)18-14-6-1-2-7-14/h8-9,11,14H,1-2,4,6-7,10H2. The lowest BCUT2D eigenvalue weighted by atomic mass is 10.2. The van der Waals surface area contributed by atoms with Crippen molar-refractivity contribution in [3.05, 3.63) is 29.6 Å². The molecule has 0 spiro atoms. The number of rotatable bonds is 3. The number of benzene rings is 1. The van der Waals surface area contributed by atoms with Crippen LogP contribution < -0.4 is 4.74 Å². The van der Waals surface area contributed by atoms with Crippen LogP contribution in [0.15, 0.2) is 18.2 Å². The SMILES string of the molecule is Fc1ccc(C#CCCCl)c(OC2CCCC2)c1. The fourth-order valence-corrected chi connectivity index (χ4v) is 2.18. The van der Waals surface area contributed by atoms with Crippen molar-refractivity contribution < 1.29 is 9.13 Å². The van der Waals surface area contributed by atoms with Crippen LogP contribution in [0.4, 0.5) is 4.39 Å². The highest BCUT2D eigenvalue weighted by molar-refractivity contribution is 6.18. The molecule has 0 N–H and O–H groups in total. The molecule has 1 fully saturated rings. The van der Waals surface area contributed by atoms with Crippen molar-refractivity contribution in [2.75, 3.05) is 5.88 Å². The molecule has 0 aliphatic heterocycles. The number of halogens is 2. The third kappa shape index (κ3) is 3.65. The number of hydrogen-bond donors (Lipinski definition) is 0. The largest absolute Gasteiger partial charge is 0.489 e. The van der Waals surface area contributed by atoms with E-state index >= 15 is 0 Å². The first-order chi connectivity index (χ1) is 8.79. The quantitative estimate of drug-likeness (QED) is 0.590. The van der Waals surface area contributed by atoms with Crippen LogP contribution in [0.25, 0.3) is 0 Å². The van der Waals surface area contributed by atoms with Gasteiger partial charge in [0.25, 0.3) is 0 Å². The number of ether oxygens (including phenoxy) is 1. The second-order valence-electron chi connectivity index (χ2n) is 4.41. The fraction of sp³-hybridized carbons (Fsp3) is 0.467. The summed E-state index contributed by atoms with van der Waals surface area (Å²) in [6, 6.07) is 4.50. The molecule has 96 valence electrons. The maximum absolute atomic E-state index is 13.3. The molecule has 1 aliphatic rings. The van der Waals surface area contributed by atoms with Gasteiger partial charge < -0.3 is 4.74 Å². The van der Waals surface area contributed by atoms with E-state index in [-0.39, 0.29) is 11.9 Å². The molecule has 0 saturated heterocycles. The molecule has 0 bridgehead atoms. The minimum Gasteiger partial charge on any atom is -0.489 e. The maximum atomic E-state index is 13.3. The van der Waals surface area contributed by atoms with Crippen LogP contribution in [0.1, 0.15) is 37.7 Å². The van der Waals surface area contributed by atoms with Crippen LogP contribution in [0.2, 0.25) is 0 Å². The van der Waals surface area contributed by atoms with Crippen molar-refractivity contribution in [3.63, 3.8) is 0 Å². The Labute approximate surface area is 112 Å². The first-order valence-electron chi connectivity index (χ1n) is 6.30. The smallest absolute Gasteiger partial charge is 0.138 e. The number of hydrogen-bond acceptors (Lipinski definition) is 1. The van der Waals surface area contributed by atoms with Crippen molar-refractivity contribution in [1.29, 1.82) is 0 Å². The summed E-state index contributed by atoms with van der Waals surface area (Å²) in [5, 5.41) is 0. The highest BCUT2D eigenvalue weighted by Crippen LogP contribution is 2.27. The second kappa shape index (κ2) is 6.66. The normalized spacial score (nSPS) is 15.2. The molecule has 0 atom stereocenters. The highest BCUT2D eigenvalue weighted by Gasteiger charge is 2.17. The van der Waals surface area contributed by atoms with E-state index in [9.17, 15) is 4.39 Å². The van der Waals surface area contributed by atoms with E-state index in [4.69, 9.17) is 16.3 Å². The van der Waals surface area contributed by atoms with Gasteiger partial charge in [0.2, 0.25) is 0 Å². The minimum absolute atomic E-state index is 0.209. The Morgan fingerprint density at radius 1 is 1.33 bits per heavy atom. The monoisotopic (exact) mass is 266 g/mol. The lowest BCUT2D eigenvalue weighted by Gasteiger charge is -2.14. The van der Waals surface area contributed by atoms with Crippen LogP contribution in [0.5, 0.6) is 5.75 Å². The molecule has 0 aromatic heterocycles. The summed E-state index contributed by atoms with van der Waals surface area (Å²) in [7, 11) is 0. The molecule has 0 unspecified atom stereocenters. The van der Waals surface area contributed by atoms with E-state index in [1.54, 1.807) is 6.07 Å². The molecule has 1 aromatic carbocycles. The van der Waals surface area contributed by atoms with Crippen LogP contribution in [-0.4, -0.2) is 12.0 Å². The molecule has 1 saturated carbocycles. The summed E-state index contributed by atoms with van der Waals surface area (Å²) >= 11 is 5.58. The van der Waals surface area contributed by atoms with Crippen LogP contribution >= 0.6 is 11.6 Å². The predicted octanol–water partition coefficient (Wildman–Crippen LogP) is 4.13. The summed E-state index contributed by atoms with van der Waals surface area (Å²) in [6.07, 6.45) is 5.30. The summed E-state index contributed by atoms with van der Waals surface area (Å²) in [6.45, 7) is 0. The Morgan fingerprint density at radius 2 is 2.11 bits per heavy atom. The van der Waals surface area contributed by atoms with E-state index in [0.29, 0.717) is 18.1 Å². The van der Waals surface area contributed by atoms with Gasteiger partial charge in [-0.25, -0.2) is 4.39 Å². The van der Waals surface area contributed by atoms with Gasteiger partial charge >= 0.3 is 0 Å². The summed E-state index contributed by atoms with van der Waals surface area (Å²) in [4.78, 5) is 0. The van der Waals surface area contributed by atoms with Gasteiger partial charge in [0, 0.05) is 18.4 Å². The van der Waals surface area contributed by atoms with E-state index in [2.05, 4.69) is 11.8 Å². The molecule has 0 heterocycles. The Kier molecular flexibility index (Phi) is 4.90. The Hall–Kier alpha value is -1.20. The first-order valence-corrected chi connectivity index (χ1v) is 6.84. The first kappa shape index (κ1) is 13.2. The minimum atomic E-state index is -0.286. The number of alkyl halides is 1. The lowest BCUT2D eigenvalue weighted by molar-refractivity contribution is 0.208. The van der Waals surface area contributed by atoms with Crippen molar-refractivity contribution in [3.8, 4) is 17.6 Å². The van der Waals surface area contributed by atoms with E-state index in [1.165, 1.54) is 25.0 Å². The van der Waals surface area contributed by atoms with Crippen LogP contribution in [0.3, 0.4) is 0 Å². The van der Waals surface area contributed by atoms with E-state index < -0.39 is 0 Å². The van der Waals surface area contributed by atoms with Gasteiger partial charge in [0.1, 0.15) is 11.6 Å². The topological polar surface area (TPSA) is 9.23 Å². The molecule has 3 heteroatoms. The fourth-order valence-electron chi connectivity index (χ4n) is 2.09. The molecule has 2 rings (SSSR count). The maximum Gasteiger partial charge on any atom is 0.138 e. The molecule has 1 nitrogen and oxygen atoms in total.